The number of phenolic OH excluding ortho intramolecular Hbond substituents is 1. The molecule has 3 aromatic carbocycles. The van der Waals surface area contributed by atoms with E-state index in [9.17, 15) is 5.11 Å². The average molecular weight is 398 g/mol. The summed E-state index contributed by atoms with van der Waals surface area (Å²) >= 11 is 3.47. The van der Waals surface area contributed by atoms with Gasteiger partial charge >= 0.3 is 0 Å². The van der Waals surface area contributed by atoms with Crippen LogP contribution in [0.4, 0.5) is 5.69 Å². The van der Waals surface area contributed by atoms with Gasteiger partial charge in [0, 0.05) is 15.6 Å². The van der Waals surface area contributed by atoms with Gasteiger partial charge in [0.05, 0.1) is 5.69 Å². The molecule has 0 saturated heterocycles. The number of halogens is 1. The molecule has 0 aliphatic rings. The van der Waals surface area contributed by atoms with E-state index in [1.807, 2.05) is 48.5 Å². The summed E-state index contributed by atoms with van der Waals surface area (Å²) in [6.07, 6.45) is 0. The first kappa shape index (κ1) is 16.8. The molecular weight excluding hydrogens is 382 g/mol. The maximum atomic E-state index is 10.5. The topological polar surface area (TPSA) is 123 Å². The average Bonchev–Trinajstić information content (AvgIpc) is 2.56. The van der Waals surface area contributed by atoms with E-state index in [1.54, 1.807) is 6.07 Å². The van der Waals surface area contributed by atoms with Crippen molar-refractivity contribution in [1.82, 2.24) is 0 Å². The van der Waals surface area contributed by atoms with Crippen molar-refractivity contribution in [2.24, 2.45) is 27.2 Å². The van der Waals surface area contributed by atoms with E-state index in [4.69, 9.17) is 17.2 Å². The van der Waals surface area contributed by atoms with Crippen LogP contribution in [-0.2, 0) is 0 Å². The summed E-state index contributed by atoms with van der Waals surface area (Å²) in [4.78, 5) is 8.06. The molecule has 0 radical (unpaired) electrons. The number of phenols is 1. The molecule has 126 valence electrons. The van der Waals surface area contributed by atoms with Gasteiger partial charge < -0.3 is 22.3 Å². The maximum absolute atomic E-state index is 10.5. The third kappa shape index (κ3) is 3.41. The largest absolute Gasteiger partial charge is 0.507 e. The second-order valence-corrected chi connectivity index (χ2v) is 6.18. The molecule has 0 aliphatic heterocycles. The molecule has 3 aromatic rings. The summed E-state index contributed by atoms with van der Waals surface area (Å²) in [6.45, 7) is 0. The van der Waals surface area contributed by atoms with Crippen LogP contribution in [0.2, 0.25) is 0 Å². The lowest BCUT2D eigenvalue weighted by Gasteiger charge is -2.13. The van der Waals surface area contributed by atoms with E-state index in [2.05, 4.69) is 25.9 Å². The first-order chi connectivity index (χ1) is 12.0. The van der Waals surface area contributed by atoms with E-state index in [1.165, 1.54) is 0 Å². The molecular formula is C18H16BrN5O. The van der Waals surface area contributed by atoms with Crippen LogP contribution in [0.3, 0.4) is 0 Å². The van der Waals surface area contributed by atoms with Crippen LogP contribution in [0.25, 0.3) is 21.9 Å². The van der Waals surface area contributed by atoms with Crippen LogP contribution in [0, 0.1) is 0 Å². The zero-order valence-corrected chi connectivity index (χ0v) is 14.7. The number of aliphatic imine (C=N–C) groups is 2. The maximum Gasteiger partial charge on any atom is 0.223 e. The highest BCUT2D eigenvalue weighted by Crippen LogP contribution is 2.43. The van der Waals surface area contributed by atoms with Gasteiger partial charge in [0.25, 0.3) is 0 Å². The molecule has 25 heavy (non-hydrogen) atoms. The number of fused-ring (bicyclic) bond motifs is 1. The molecule has 0 heterocycles. The Morgan fingerprint density at radius 2 is 1.68 bits per heavy atom. The molecule has 7 N–H and O–H groups in total. The van der Waals surface area contributed by atoms with Gasteiger partial charge in [-0.1, -0.05) is 42.5 Å². The summed E-state index contributed by atoms with van der Waals surface area (Å²) in [5.74, 6) is -0.107. The van der Waals surface area contributed by atoms with Gasteiger partial charge in [-0.25, -0.2) is 4.99 Å². The lowest BCUT2D eigenvalue weighted by molar-refractivity contribution is 0.478. The number of hydrogen-bond acceptors (Lipinski definition) is 2. The van der Waals surface area contributed by atoms with Gasteiger partial charge in [0.15, 0.2) is 5.96 Å². The van der Waals surface area contributed by atoms with Crippen LogP contribution in [0.5, 0.6) is 5.75 Å². The monoisotopic (exact) mass is 397 g/mol. The molecule has 0 bridgehead atoms. The Bertz CT molecular complexity index is 1010. The summed E-state index contributed by atoms with van der Waals surface area (Å²) in [5.41, 5.74) is 18.4. The van der Waals surface area contributed by atoms with Crippen LogP contribution < -0.4 is 17.2 Å². The van der Waals surface area contributed by atoms with Crippen molar-refractivity contribution in [3.63, 3.8) is 0 Å². The Kier molecular flexibility index (Phi) is 4.58. The second-order valence-electron chi connectivity index (χ2n) is 5.32. The fourth-order valence-corrected chi connectivity index (χ4v) is 3.10. The lowest BCUT2D eigenvalue weighted by atomic mass is 9.96. The van der Waals surface area contributed by atoms with Crippen molar-refractivity contribution in [3.05, 3.63) is 59.1 Å². The zero-order chi connectivity index (χ0) is 18.0. The lowest BCUT2D eigenvalue weighted by Crippen LogP contribution is -2.26. The van der Waals surface area contributed by atoms with Crippen LogP contribution in [0.15, 0.2) is 69.1 Å². The number of aromatic hydroxyl groups is 1. The summed E-state index contributed by atoms with van der Waals surface area (Å²) in [6, 6.07) is 16.8. The summed E-state index contributed by atoms with van der Waals surface area (Å²) in [7, 11) is 0. The SMILES string of the molecule is NC(N)=NC(N)=Nc1c(Br)cccc1-c1c(O)ccc2ccccc12. The molecule has 0 amide bonds. The number of hydrogen-bond donors (Lipinski definition) is 4. The highest BCUT2D eigenvalue weighted by molar-refractivity contribution is 9.10. The van der Waals surface area contributed by atoms with Crippen molar-refractivity contribution in [2.75, 3.05) is 0 Å². The van der Waals surface area contributed by atoms with Crippen molar-refractivity contribution in [3.8, 4) is 16.9 Å². The summed E-state index contributed by atoms with van der Waals surface area (Å²) < 4.78 is 0.700. The Labute approximate surface area is 152 Å². The normalized spacial score (nSPS) is 11.5. The smallest absolute Gasteiger partial charge is 0.223 e. The fourth-order valence-electron chi connectivity index (χ4n) is 2.65. The van der Waals surface area contributed by atoms with Crippen molar-refractivity contribution in [2.45, 2.75) is 0 Å². The molecule has 0 spiro atoms. The highest BCUT2D eigenvalue weighted by atomic mass is 79.9. The molecule has 3 rings (SSSR count). The van der Waals surface area contributed by atoms with Crippen molar-refractivity contribution in [1.29, 1.82) is 0 Å². The Hall–Kier alpha value is -3.06. The van der Waals surface area contributed by atoms with Gasteiger partial charge in [0.2, 0.25) is 5.96 Å². The number of guanidine groups is 2. The Morgan fingerprint density at radius 1 is 0.920 bits per heavy atom. The van der Waals surface area contributed by atoms with Crippen LogP contribution >= 0.6 is 15.9 Å². The number of rotatable bonds is 2. The number of para-hydroxylation sites is 1. The fraction of sp³-hybridized carbons (Fsp3) is 0. The number of benzene rings is 3. The third-order valence-corrected chi connectivity index (χ3v) is 4.27. The zero-order valence-electron chi connectivity index (χ0n) is 13.1. The molecule has 0 aromatic heterocycles. The molecule has 0 saturated carbocycles. The quantitative estimate of drug-likeness (QED) is 0.391. The minimum absolute atomic E-state index is 0.0760. The predicted molar refractivity (Wildman–Crippen MR) is 106 cm³/mol. The van der Waals surface area contributed by atoms with Crippen molar-refractivity contribution < 1.29 is 5.11 Å². The van der Waals surface area contributed by atoms with Crippen LogP contribution in [-0.4, -0.2) is 17.0 Å². The first-order valence-corrected chi connectivity index (χ1v) is 8.20. The van der Waals surface area contributed by atoms with Gasteiger partial charge in [-0.2, -0.15) is 4.99 Å². The van der Waals surface area contributed by atoms with E-state index in [0.29, 0.717) is 21.3 Å². The van der Waals surface area contributed by atoms with Gasteiger partial charge in [-0.3, -0.25) is 0 Å². The van der Waals surface area contributed by atoms with Crippen molar-refractivity contribution >= 4 is 44.3 Å². The molecule has 7 heteroatoms. The van der Waals surface area contributed by atoms with E-state index in [-0.39, 0.29) is 17.7 Å². The Morgan fingerprint density at radius 3 is 2.44 bits per heavy atom. The molecule has 0 aliphatic carbocycles. The van der Waals surface area contributed by atoms with E-state index < -0.39 is 0 Å². The predicted octanol–water partition coefficient (Wildman–Crippen LogP) is 3.19. The second kappa shape index (κ2) is 6.82. The minimum Gasteiger partial charge on any atom is -0.507 e. The molecule has 6 nitrogen and oxygen atoms in total. The highest BCUT2D eigenvalue weighted by Gasteiger charge is 2.15. The number of nitrogens with zero attached hydrogens (tertiary/aromatic N) is 2. The molecule has 0 atom stereocenters. The Balaban J connectivity index is 2.32. The van der Waals surface area contributed by atoms with Gasteiger partial charge in [-0.15, -0.1) is 0 Å². The summed E-state index contributed by atoms with van der Waals surface area (Å²) in [5, 5.41) is 12.4. The van der Waals surface area contributed by atoms with E-state index >= 15 is 0 Å². The minimum atomic E-state index is -0.178. The van der Waals surface area contributed by atoms with Gasteiger partial charge in [-0.05, 0) is 38.8 Å². The third-order valence-electron chi connectivity index (χ3n) is 3.63. The van der Waals surface area contributed by atoms with E-state index in [0.717, 1.165) is 10.8 Å². The molecule has 0 unspecified atom stereocenters. The molecule has 0 fully saturated rings. The van der Waals surface area contributed by atoms with Gasteiger partial charge in [0.1, 0.15) is 5.75 Å². The first-order valence-electron chi connectivity index (χ1n) is 7.41. The number of nitrogens with two attached hydrogens (primary N) is 3. The standard InChI is InChI=1S/C18H16BrN5O/c19-13-7-3-6-12(16(13)23-18(22)24-17(20)21)15-11-5-2-1-4-10(11)8-9-14(15)25/h1-9,25H,(H6,20,21,22,23,24). The van der Waals surface area contributed by atoms with Crippen LogP contribution in [0.1, 0.15) is 0 Å².